The maximum atomic E-state index is 12.8. The first-order chi connectivity index (χ1) is 9.19. The van der Waals surface area contributed by atoms with Gasteiger partial charge in [0.2, 0.25) is 0 Å². The minimum absolute atomic E-state index is 0.248. The van der Waals surface area contributed by atoms with Crippen LogP contribution in [-0.4, -0.2) is 5.11 Å². The maximum Gasteiger partial charge on any atom is 0.123 e. The van der Waals surface area contributed by atoms with E-state index < -0.39 is 6.10 Å². The van der Waals surface area contributed by atoms with Gasteiger partial charge in [0, 0.05) is 6.42 Å². The van der Waals surface area contributed by atoms with Gasteiger partial charge in [0.25, 0.3) is 0 Å². The van der Waals surface area contributed by atoms with Crippen LogP contribution in [0.1, 0.15) is 36.1 Å². The van der Waals surface area contributed by atoms with Crippen LogP contribution >= 0.6 is 0 Å². The molecule has 0 fully saturated rings. The summed E-state index contributed by atoms with van der Waals surface area (Å²) >= 11 is 0. The van der Waals surface area contributed by atoms with Crippen LogP contribution < -0.4 is 0 Å². The van der Waals surface area contributed by atoms with Crippen molar-refractivity contribution in [3.63, 3.8) is 0 Å². The fourth-order valence-electron chi connectivity index (χ4n) is 2.16. The fourth-order valence-corrected chi connectivity index (χ4v) is 2.16. The summed E-state index contributed by atoms with van der Waals surface area (Å²) in [6.45, 7) is 2.15. The van der Waals surface area contributed by atoms with E-state index >= 15 is 0 Å². The molecule has 0 saturated heterocycles. The van der Waals surface area contributed by atoms with E-state index in [-0.39, 0.29) is 5.82 Å². The van der Waals surface area contributed by atoms with Gasteiger partial charge in [-0.15, -0.1) is 0 Å². The van der Waals surface area contributed by atoms with Crippen molar-refractivity contribution in [2.24, 2.45) is 0 Å². The van der Waals surface area contributed by atoms with Crippen molar-refractivity contribution in [3.05, 3.63) is 71.0 Å². The van der Waals surface area contributed by atoms with E-state index in [0.717, 1.165) is 24.0 Å². The number of hydrogen-bond acceptors (Lipinski definition) is 1. The van der Waals surface area contributed by atoms with E-state index in [4.69, 9.17) is 0 Å². The smallest absolute Gasteiger partial charge is 0.123 e. The minimum Gasteiger partial charge on any atom is -0.388 e. The highest BCUT2D eigenvalue weighted by Gasteiger charge is 2.08. The molecule has 2 rings (SSSR count). The van der Waals surface area contributed by atoms with Crippen LogP contribution in [0.3, 0.4) is 0 Å². The molecular weight excluding hydrogens is 239 g/mol. The van der Waals surface area contributed by atoms with Crippen LogP contribution in [0.15, 0.2) is 48.5 Å². The lowest BCUT2D eigenvalue weighted by molar-refractivity contribution is 0.178. The Kier molecular flexibility index (Phi) is 4.69. The lowest BCUT2D eigenvalue weighted by Gasteiger charge is -2.12. The highest BCUT2D eigenvalue weighted by atomic mass is 19.1. The van der Waals surface area contributed by atoms with Gasteiger partial charge in [0.1, 0.15) is 5.82 Å². The van der Waals surface area contributed by atoms with Crippen molar-refractivity contribution < 1.29 is 9.50 Å². The zero-order chi connectivity index (χ0) is 13.7. The van der Waals surface area contributed by atoms with Crippen molar-refractivity contribution >= 4 is 0 Å². The van der Waals surface area contributed by atoms with Gasteiger partial charge in [-0.25, -0.2) is 4.39 Å². The van der Waals surface area contributed by atoms with Crippen LogP contribution in [0, 0.1) is 5.82 Å². The van der Waals surface area contributed by atoms with Gasteiger partial charge in [-0.2, -0.15) is 0 Å². The molecule has 2 heteroatoms. The van der Waals surface area contributed by atoms with Gasteiger partial charge >= 0.3 is 0 Å². The third kappa shape index (κ3) is 3.90. The molecular formula is C17H19FO. The average molecular weight is 258 g/mol. The molecule has 0 amide bonds. The second-order valence-electron chi connectivity index (χ2n) is 4.84. The number of aryl methyl sites for hydroxylation is 1. The van der Waals surface area contributed by atoms with Crippen LogP contribution in [0.5, 0.6) is 0 Å². The number of aliphatic hydroxyl groups is 1. The number of aliphatic hydroxyl groups excluding tert-OH is 1. The number of hydrogen-bond donors (Lipinski definition) is 1. The molecule has 1 atom stereocenters. The molecule has 100 valence electrons. The highest BCUT2D eigenvalue weighted by molar-refractivity contribution is 5.26. The summed E-state index contributed by atoms with van der Waals surface area (Å²) in [7, 11) is 0. The topological polar surface area (TPSA) is 20.2 Å². The second-order valence-corrected chi connectivity index (χ2v) is 4.84. The number of benzene rings is 2. The maximum absolute atomic E-state index is 12.8. The first-order valence-corrected chi connectivity index (χ1v) is 6.70. The minimum atomic E-state index is -0.541. The molecule has 0 aromatic heterocycles. The molecule has 0 saturated carbocycles. The van der Waals surface area contributed by atoms with Crippen molar-refractivity contribution in [1.29, 1.82) is 0 Å². The molecule has 1 nitrogen and oxygen atoms in total. The van der Waals surface area contributed by atoms with Crippen molar-refractivity contribution in [2.75, 3.05) is 0 Å². The van der Waals surface area contributed by atoms with E-state index in [0.29, 0.717) is 6.42 Å². The molecule has 2 aromatic carbocycles. The molecule has 19 heavy (non-hydrogen) atoms. The summed E-state index contributed by atoms with van der Waals surface area (Å²) in [4.78, 5) is 0. The van der Waals surface area contributed by atoms with Crippen LogP contribution in [0.2, 0.25) is 0 Å². The molecule has 0 aliphatic rings. The van der Waals surface area contributed by atoms with Gasteiger partial charge in [0.05, 0.1) is 6.10 Å². The predicted molar refractivity (Wildman–Crippen MR) is 75.5 cm³/mol. The Bertz CT molecular complexity index is 502. The lowest BCUT2D eigenvalue weighted by Crippen LogP contribution is -2.02. The van der Waals surface area contributed by atoms with Crippen LogP contribution in [0.25, 0.3) is 0 Å². The third-order valence-electron chi connectivity index (χ3n) is 3.25. The van der Waals surface area contributed by atoms with E-state index in [2.05, 4.69) is 19.1 Å². The molecule has 0 radical (unpaired) electrons. The van der Waals surface area contributed by atoms with Gasteiger partial charge in [-0.05, 0) is 35.2 Å². The van der Waals surface area contributed by atoms with Gasteiger partial charge < -0.3 is 5.11 Å². The Morgan fingerprint density at radius 2 is 1.53 bits per heavy atom. The number of rotatable bonds is 5. The average Bonchev–Trinajstić information content (AvgIpc) is 2.42. The van der Waals surface area contributed by atoms with Gasteiger partial charge in [0.15, 0.2) is 0 Å². The molecule has 2 aromatic rings. The van der Waals surface area contributed by atoms with E-state index in [9.17, 15) is 9.50 Å². The fraction of sp³-hybridized carbons (Fsp3) is 0.294. The Morgan fingerprint density at radius 3 is 2.11 bits per heavy atom. The number of halogens is 1. The summed E-state index contributed by atoms with van der Waals surface area (Å²) < 4.78 is 12.8. The van der Waals surface area contributed by atoms with Gasteiger partial charge in [-0.3, -0.25) is 0 Å². The summed E-state index contributed by atoms with van der Waals surface area (Å²) in [5.41, 5.74) is 3.14. The highest BCUT2D eigenvalue weighted by Crippen LogP contribution is 2.19. The van der Waals surface area contributed by atoms with Crippen LogP contribution in [-0.2, 0) is 12.8 Å². The van der Waals surface area contributed by atoms with E-state index in [1.54, 1.807) is 12.1 Å². The molecule has 0 spiro atoms. The third-order valence-corrected chi connectivity index (χ3v) is 3.25. The van der Waals surface area contributed by atoms with Gasteiger partial charge in [-0.1, -0.05) is 49.7 Å². The Balaban J connectivity index is 2.02. The first kappa shape index (κ1) is 13.8. The SMILES string of the molecule is CCCc1ccc(C(O)Cc2ccc(F)cc2)cc1. The molecule has 0 aliphatic heterocycles. The summed E-state index contributed by atoms with van der Waals surface area (Å²) in [5.74, 6) is -0.248. The van der Waals surface area contributed by atoms with E-state index in [1.165, 1.54) is 17.7 Å². The first-order valence-electron chi connectivity index (χ1n) is 6.70. The zero-order valence-corrected chi connectivity index (χ0v) is 11.1. The molecule has 1 unspecified atom stereocenters. The predicted octanol–water partition coefficient (Wildman–Crippen LogP) is 4.05. The molecule has 1 N–H and O–H groups in total. The Morgan fingerprint density at radius 1 is 0.947 bits per heavy atom. The summed E-state index contributed by atoms with van der Waals surface area (Å²) in [5, 5.41) is 10.2. The molecule has 0 bridgehead atoms. The largest absolute Gasteiger partial charge is 0.388 e. The Hall–Kier alpha value is -1.67. The zero-order valence-electron chi connectivity index (χ0n) is 11.1. The molecule has 0 heterocycles. The van der Waals surface area contributed by atoms with Crippen LogP contribution in [0.4, 0.5) is 4.39 Å². The van der Waals surface area contributed by atoms with Crippen molar-refractivity contribution in [3.8, 4) is 0 Å². The quantitative estimate of drug-likeness (QED) is 0.857. The monoisotopic (exact) mass is 258 g/mol. The standard InChI is InChI=1S/C17H19FO/c1-2-3-13-4-8-15(9-5-13)17(19)12-14-6-10-16(18)11-7-14/h4-11,17,19H,2-3,12H2,1H3. The summed E-state index contributed by atoms with van der Waals surface area (Å²) in [6.07, 6.45) is 2.15. The van der Waals surface area contributed by atoms with Crippen molar-refractivity contribution in [2.45, 2.75) is 32.3 Å². The molecule has 0 aliphatic carbocycles. The normalized spacial score (nSPS) is 12.4. The van der Waals surface area contributed by atoms with E-state index in [1.807, 2.05) is 12.1 Å². The summed E-state index contributed by atoms with van der Waals surface area (Å²) in [6, 6.07) is 14.3. The Labute approximate surface area is 113 Å². The lowest BCUT2D eigenvalue weighted by atomic mass is 9.99. The second kappa shape index (κ2) is 6.48. The van der Waals surface area contributed by atoms with Crippen molar-refractivity contribution in [1.82, 2.24) is 0 Å².